The molecule has 0 radical (unpaired) electrons. The van der Waals surface area contributed by atoms with Crippen molar-refractivity contribution in [3.8, 4) is 103 Å². The van der Waals surface area contributed by atoms with Gasteiger partial charge < -0.3 is 95.9 Å². The van der Waals surface area contributed by atoms with Crippen LogP contribution in [0.3, 0.4) is 0 Å². The van der Waals surface area contributed by atoms with E-state index in [4.69, 9.17) is 14.2 Å². The Labute approximate surface area is 638 Å². The normalized spacial score (nSPS) is 18.9. The lowest BCUT2D eigenvalue weighted by atomic mass is 9.69. The average Bonchev–Trinajstić information content (AvgIpc) is 1.60. The van der Waals surface area contributed by atoms with Crippen molar-refractivity contribution in [3.05, 3.63) is 332 Å². The first-order chi connectivity index (χ1) is 53.8. The number of rotatable bonds is 20. The summed E-state index contributed by atoms with van der Waals surface area (Å²) in [6.07, 6.45) is 0.370. The largest absolute Gasteiger partial charge is 0.508 e. The highest BCUT2D eigenvalue weighted by atomic mass is 16.5. The number of carbonyl (C=O) groups excluding carboxylic acids is 3. The summed E-state index contributed by atoms with van der Waals surface area (Å²) in [5.41, 5.74) is 2.64. The zero-order valence-electron chi connectivity index (χ0n) is 58.8. The summed E-state index contributed by atoms with van der Waals surface area (Å²) in [6.45, 7) is 0. The maximum Gasteiger partial charge on any atom is 0.189 e. The molecule has 562 valence electrons. The Hall–Kier alpha value is -14.5. The van der Waals surface area contributed by atoms with E-state index in [9.17, 15) is 91.3 Å². The van der Waals surface area contributed by atoms with Crippen LogP contribution in [0, 0.1) is 11.8 Å². The van der Waals surface area contributed by atoms with Crippen molar-refractivity contribution in [1.29, 1.82) is 0 Å². The minimum atomic E-state index is -1.53. The summed E-state index contributed by atoms with van der Waals surface area (Å²) in [7, 11) is 0. The van der Waals surface area contributed by atoms with Crippen molar-refractivity contribution in [3.63, 3.8) is 0 Å². The number of hydrogen-bond donors (Lipinski definition) is 16. The van der Waals surface area contributed by atoms with Crippen molar-refractivity contribution in [2.24, 2.45) is 11.8 Å². The van der Waals surface area contributed by atoms with Gasteiger partial charge in [-0.1, -0.05) is 78.9 Å². The maximum atomic E-state index is 15.7. The molecule has 0 spiro atoms. The molecule has 0 bridgehead atoms. The smallest absolute Gasteiger partial charge is 0.189 e. The van der Waals surface area contributed by atoms with Gasteiger partial charge in [0.1, 0.15) is 116 Å². The van der Waals surface area contributed by atoms with E-state index < -0.39 is 123 Å². The van der Waals surface area contributed by atoms with Crippen LogP contribution in [-0.4, -0.2) is 99.1 Å². The molecule has 112 heavy (non-hydrogen) atoms. The summed E-state index contributed by atoms with van der Waals surface area (Å²) < 4.78 is 21.2. The van der Waals surface area contributed by atoms with Gasteiger partial charge in [-0.2, -0.15) is 0 Å². The number of aromatic hydroxyl groups is 16. The molecule has 0 amide bonds. The summed E-state index contributed by atoms with van der Waals surface area (Å²) in [5.74, 6) is -15.2. The van der Waals surface area contributed by atoms with Gasteiger partial charge in [-0.15, -0.1) is 0 Å². The molecule has 0 aromatic heterocycles. The highest BCUT2D eigenvalue weighted by Gasteiger charge is 2.52. The Morgan fingerprint density at radius 1 is 0.312 bits per heavy atom. The second kappa shape index (κ2) is 29.6. The molecule has 1 saturated heterocycles. The molecule has 0 saturated carbocycles. The third-order valence-corrected chi connectivity index (χ3v) is 21.1. The molecule has 1 fully saturated rings. The maximum absolute atomic E-state index is 15.7. The predicted octanol–water partition coefficient (Wildman–Crippen LogP) is 16.0. The number of ketones is 3. The van der Waals surface area contributed by atoms with Crippen LogP contribution in [0.4, 0.5) is 0 Å². The number of fused-ring (bicyclic) bond motifs is 2. The second-order valence-electron chi connectivity index (χ2n) is 28.0. The molecule has 12 aromatic carbocycles. The van der Waals surface area contributed by atoms with Gasteiger partial charge in [0.2, 0.25) is 0 Å². The molecule has 10 atom stereocenters. The van der Waals surface area contributed by atoms with Crippen LogP contribution in [0.15, 0.2) is 243 Å². The highest BCUT2D eigenvalue weighted by Crippen LogP contribution is 2.63. The van der Waals surface area contributed by atoms with Crippen LogP contribution in [-0.2, 0) is 11.2 Å². The molecular formula is C90H70O22. The Balaban J connectivity index is 0.979. The fourth-order valence-corrected chi connectivity index (χ4v) is 15.9. The third kappa shape index (κ3) is 14.1. The first-order valence-corrected chi connectivity index (χ1v) is 35.4. The molecule has 3 heterocycles. The molecule has 10 unspecified atom stereocenters. The third-order valence-electron chi connectivity index (χ3n) is 21.1. The average molecular weight is 1500 g/mol. The molecule has 22 nitrogen and oxygen atoms in total. The van der Waals surface area contributed by atoms with Gasteiger partial charge in [-0.25, -0.2) is 0 Å². The number of phenols is 16. The topological polar surface area (TPSA) is 403 Å². The Morgan fingerprint density at radius 3 is 1.12 bits per heavy atom. The van der Waals surface area contributed by atoms with Gasteiger partial charge in [0.05, 0.1) is 34.8 Å². The number of ether oxygens (including phenoxy) is 3. The van der Waals surface area contributed by atoms with Crippen LogP contribution in [0.1, 0.15) is 151 Å². The zero-order valence-corrected chi connectivity index (χ0v) is 58.8. The molecule has 22 heteroatoms. The lowest BCUT2D eigenvalue weighted by Gasteiger charge is -2.34. The second-order valence-corrected chi connectivity index (χ2v) is 28.0. The van der Waals surface area contributed by atoms with Crippen molar-refractivity contribution in [2.75, 3.05) is 0 Å². The van der Waals surface area contributed by atoms with Crippen molar-refractivity contribution >= 4 is 29.5 Å². The minimum absolute atomic E-state index is 0.0429. The lowest BCUT2D eigenvalue weighted by molar-refractivity contribution is 0.0253. The first-order valence-electron chi connectivity index (χ1n) is 35.4. The van der Waals surface area contributed by atoms with Gasteiger partial charge in [0, 0.05) is 105 Å². The van der Waals surface area contributed by atoms with E-state index >= 15 is 4.79 Å². The first kappa shape index (κ1) is 73.0. The Morgan fingerprint density at radius 2 is 0.679 bits per heavy atom. The van der Waals surface area contributed by atoms with Crippen LogP contribution in [0.5, 0.6) is 103 Å². The van der Waals surface area contributed by atoms with E-state index in [1.165, 1.54) is 133 Å². The zero-order chi connectivity index (χ0) is 78.7. The standard InChI is InChI=1S/C90H70O22/c91-50-13-1-44(2-14-50)35-68-85(86(109)61-28-24-57(98)39-74(61)104)89(49-11-19-53(94)20-12-49)112-90(68)65-41-64(77(107)43-78(65)108)82(84-67-34-46(4-30-70(100)59-26-22-55(96)37-72(59)102)6-32-80(67)111-88(84)48-9-17-52(93)18-10-48)63-40-62(75(105)42-76(63)106)81(60-27-23-56(97)38-73(60)103)83-66-33-45(3-29-69(99)58-25-21-54(95)36-71(58)101)5-31-79(66)110-87(83)47-7-15-51(92)16-8-47/h1-34,36-43,68,81-85,87-98,101-108H,35H2. The number of carbonyl (C=O) groups is 3. The van der Waals surface area contributed by atoms with E-state index in [-0.39, 0.29) is 108 Å². The van der Waals surface area contributed by atoms with Crippen LogP contribution in [0.25, 0.3) is 12.2 Å². The van der Waals surface area contributed by atoms with E-state index in [1.54, 1.807) is 84.9 Å². The van der Waals surface area contributed by atoms with Crippen LogP contribution >= 0.6 is 0 Å². The Bertz CT molecular complexity index is 5760. The van der Waals surface area contributed by atoms with E-state index in [0.29, 0.717) is 44.5 Å². The molecule has 0 aliphatic carbocycles. The summed E-state index contributed by atoms with van der Waals surface area (Å²) in [5, 5.41) is 182. The van der Waals surface area contributed by atoms with Gasteiger partial charge in [0.25, 0.3) is 0 Å². The molecule has 16 N–H and O–H groups in total. The monoisotopic (exact) mass is 1500 g/mol. The molecule has 12 aromatic rings. The number of phenolic OH excluding ortho intramolecular Hbond substituents is 16. The van der Waals surface area contributed by atoms with Gasteiger partial charge in [0.15, 0.2) is 17.3 Å². The number of hydrogen-bond acceptors (Lipinski definition) is 22. The summed E-state index contributed by atoms with van der Waals surface area (Å²) in [6, 6.07) is 53.5. The molecule has 3 aliphatic rings. The van der Waals surface area contributed by atoms with Gasteiger partial charge in [-0.05, 0) is 179 Å². The van der Waals surface area contributed by atoms with Crippen molar-refractivity contribution in [1.82, 2.24) is 0 Å². The van der Waals surface area contributed by atoms with Gasteiger partial charge in [-0.3, -0.25) is 14.4 Å². The summed E-state index contributed by atoms with van der Waals surface area (Å²) in [4.78, 5) is 43.3. The lowest BCUT2D eigenvalue weighted by Crippen LogP contribution is -2.27. The molecule has 3 aliphatic heterocycles. The van der Waals surface area contributed by atoms with E-state index in [1.807, 2.05) is 0 Å². The minimum Gasteiger partial charge on any atom is -0.508 e. The van der Waals surface area contributed by atoms with Gasteiger partial charge >= 0.3 is 0 Å². The molecular weight excluding hydrogens is 1430 g/mol. The van der Waals surface area contributed by atoms with E-state index in [0.717, 1.165) is 36.4 Å². The SMILES string of the molecule is O=C(C=Cc1ccc2c(c1)C(C(c1ccc(O)cc1O)c1cc(C(c3cc(C4OC(c5ccc(O)cc5)C(C(=O)c5ccc(O)cc5O)C4Cc4ccc(O)cc4)c(O)cc3O)C3c4cc(C=CC(=O)c5ccc(O)cc5O)ccc4OC3c3ccc(O)cc3)c(O)cc1O)C(c1ccc(O)cc1)O2)c1ccc(O)cc1O. The highest BCUT2D eigenvalue weighted by molar-refractivity contribution is 6.09. The Kier molecular flexibility index (Phi) is 19.3. The van der Waals surface area contributed by atoms with Crippen molar-refractivity contribution < 1.29 is 110 Å². The number of Topliss-reactive ketones (excluding diaryl/α,β-unsaturated/α-hetero) is 1. The summed E-state index contributed by atoms with van der Waals surface area (Å²) >= 11 is 0. The predicted molar refractivity (Wildman–Crippen MR) is 408 cm³/mol. The number of benzene rings is 12. The quantitative estimate of drug-likeness (QED) is 0.0249. The van der Waals surface area contributed by atoms with E-state index in [2.05, 4.69) is 0 Å². The van der Waals surface area contributed by atoms with Crippen molar-refractivity contribution in [2.45, 2.75) is 54.5 Å². The fraction of sp³-hybridized carbons (Fsp3) is 0.122. The van der Waals surface area contributed by atoms with Crippen LogP contribution in [0.2, 0.25) is 0 Å². The number of allylic oxidation sites excluding steroid dienone is 2. The molecule has 15 rings (SSSR count). The fourth-order valence-electron chi connectivity index (χ4n) is 15.9. The van der Waals surface area contributed by atoms with Crippen LogP contribution < -0.4 is 9.47 Å².